The highest BCUT2D eigenvalue weighted by molar-refractivity contribution is 5.96. The SMILES string of the molecule is O=C(CC[C@@H]1Cc2ccccc2NC1=O)Nc1ccc2nncn2c1. The van der Waals surface area contributed by atoms with Crippen LogP contribution in [0.25, 0.3) is 5.65 Å². The summed E-state index contributed by atoms with van der Waals surface area (Å²) in [5, 5.41) is 13.5. The second-order valence-electron chi connectivity index (χ2n) is 6.15. The fourth-order valence-corrected chi connectivity index (χ4v) is 3.08. The Morgan fingerprint density at radius 3 is 3.08 bits per heavy atom. The van der Waals surface area contributed by atoms with Crippen molar-refractivity contribution in [2.45, 2.75) is 19.3 Å². The number of nitrogens with one attached hydrogen (secondary N) is 2. The summed E-state index contributed by atoms with van der Waals surface area (Å²) in [4.78, 5) is 24.4. The average molecular weight is 335 g/mol. The summed E-state index contributed by atoms with van der Waals surface area (Å²) in [5.74, 6) is -0.308. The predicted molar refractivity (Wildman–Crippen MR) is 93.1 cm³/mol. The molecule has 1 atom stereocenters. The molecular formula is C18H17N5O2. The van der Waals surface area contributed by atoms with Crippen LogP contribution in [-0.4, -0.2) is 26.4 Å². The normalized spacial score (nSPS) is 16.3. The smallest absolute Gasteiger partial charge is 0.227 e. The van der Waals surface area contributed by atoms with Crippen molar-refractivity contribution in [2.24, 2.45) is 5.92 Å². The molecule has 3 heterocycles. The minimum absolute atomic E-state index is 0.0163. The van der Waals surface area contributed by atoms with Gasteiger partial charge in [0.2, 0.25) is 11.8 Å². The highest BCUT2D eigenvalue weighted by atomic mass is 16.2. The van der Waals surface area contributed by atoms with Crippen LogP contribution in [0.5, 0.6) is 0 Å². The van der Waals surface area contributed by atoms with Crippen LogP contribution >= 0.6 is 0 Å². The Kier molecular flexibility index (Phi) is 3.89. The van der Waals surface area contributed by atoms with E-state index in [1.807, 2.05) is 24.3 Å². The van der Waals surface area contributed by atoms with Crippen molar-refractivity contribution in [3.63, 3.8) is 0 Å². The molecule has 1 aliphatic rings. The molecule has 0 saturated heterocycles. The first-order valence-corrected chi connectivity index (χ1v) is 8.17. The predicted octanol–water partition coefficient (Wildman–Crippen LogP) is 2.26. The molecule has 4 rings (SSSR count). The number of carbonyl (C=O) groups is 2. The first-order chi connectivity index (χ1) is 12.2. The van der Waals surface area contributed by atoms with E-state index >= 15 is 0 Å². The highest BCUT2D eigenvalue weighted by Crippen LogP contribution is 2.27. The molecule has 126 valence electrons. The number of pyridine rings is 1. The number of rotatable bonds is 4. The van der Waals surface area contributed by atoms with E-state index in [0.29, 0.717) is 24.9 Å². The number of benzene rings is 1. The number of para-hydroxylation sites is 1. The van der Waals surface area contributed by atoms with Gasteiger partial charge >= 0.3 is 0 Å². The summed E-state index contributed by atoms with van der Waals surface area (Å²) >= 11 is 0. The van der Waals surface area contributed by atoms with Crippen LogP contribution in [0.2, 0.25) is 0 Å². The Balaban J connectivity index is 1.36. The standard InChI is InChI=1S/C18H17N5O2/c24-17(20-14-6-7-16-22-19-11-23(16)10-14)8-5-13-9-12-3-1-2-4-15(12)21-18(13)25/h1-4,6-7,10-11,13H,5,8-9H2,(H,20,24)(H,21,25)/t13-/m1/s1. The Morgan fingerprint density at radius 2 is 2.16 bits per heavy atom. The summed E-state index contributed by atoms with van der Waals surface area (Å²) < 4.78 is 1.74. The summed E-state index contributed by atoms with van der Waals surface area (Å²) in [6.07, 6.45) is 4.81. The Labute approximate surface area is 144 Å². The zero-order valence-corrected chi connectivity index (χ0v) is 13.5. The third-order valence-electron chi connectivity index (χ3n) is 4.41. The number of amides is 2. The van der Waals surface area contributed by atoms with Crippen LogP contribution in [0.1, 0.15) is 18.4 Å². The number of aromatic nitrogens is 3. The summed E-state index contributed by atoms with van der Waals surface area (Å²) in [5.41, 5.74) is 3.38. The maximum absolute atomic E-state index is 12.2. The molecular weight excluding hydrogens is 318 g/mol. The van der Waals surface area contributed by atoms with Crippen molar-refractivity contribution < 1.29 is 9.59 Å². The number of hydrogen-bond donors (Lipinski definition) is 2. The number of carbonyl (C=O) groups excluding carboxylic acids is 2. The van der Waals surface area contributed by atoms with E-state index in [9.17, 15) is 9.59 Å². The molecule has 0 spiro atoms. The fraction of sp³-hybridized carbons (Fsp3) is 0.222. The Morgan fingerprint density at radius 1 is 1.28 bits per heavy atom. The zero-order valence-electron chi connectivity index (χ0n) is 13.5. The number of nitrogens with zero attached hydrogens (tertiary/aromatic N) is 3. The van der Waals surface area contributed by atoms with Gasteiger partial charge < -0.3 is 10.6 Å². The molecule has 0 fully saturated rings. The summed E-state index contributed by atoms with van der Waals surface area (Å²) in [7, 11) is 0. The van der Waals surface area contributed by atoms with E-state index in [4.69, 9.17) is 0 Å². The minimum atomic E-state index is -0.180. The summed E-state index contributed by atoms with van der Waals surface area (Å²) in [6, 6.07) is 11.3. The lowest BCUT2D eigenvalue weighted by Crippen LogP contribution is -2.30. The molecule has 0 unspecified atom stereocenters. The molecule has 7 nitrogen and oxygen atoms in total. The van der Waals surface area contributed by atoms with E-state index in [2.05, 4.69) is 20.8 Å². The van der Waals surface area contributed by atoms with Crippen LogP contribution in [0.3, 0.4) is 0 Å². The molecule has 3 aromatic rings. The highest BCUT2D eigenvalue weighted by Gasteiger charge is 2.26. The van der Waals surface area contributed by atoms with Gasteiger partial charge in [0.1, 0.15) is 6.33 Å². The molecule has 0 bridgehead atoms. The number of fused-ring (bicyclic) bond motifs is 2. The third-order valence-corrected chi connectivity index (χ3v) is 4.41. The van der Waals surface area contributed by atoms with Crippen molar-refractivity contribution >= 4 is 28.8 Å². The van der Waals surface area contributed by atoms with Gasteiger partial charge in [-0.05, 0) is 36.6 Å². The molecule has 2 aromatic heterocycles. The van der Waals surface area contributed by atoms with Crippen molar-refractivity contribution in [2.75, 3.05) is 10.6 Å². The molecule has 0 saturated carbocycles. The minimum Gasteiger partial charge on any atom is -0.326 e. The van der Waals surface area contributed by atoms with Crippen LogP contribution in [0, 0.1) is 5.92 Å². The average Bonchev–Trinajstić information content (AvgIpc) is 3.07. The van der Waals surface area contributed by atoms with Gasteiger partial charge in [-0.15, -0.1) is 10.2 Å². The lowest BCUT2D eigenvalue weighted by Gasteiger charge is -2.24. The second kappa shape index (κ2) is 6.35. The molecule has 2 N–H and O–H groups in total. The van der Waals surface area contributed by atoms with Gasteiger partial charge in [0, 0.05) is 24.2 Å². The van der Waals surface area contributed by atoms with Gasteiger partial charge in [-0.3, -0.25) is 14.0 Å². The third kappa shape index (κ3) is 3.21. The molecule has 2 amide bonds. The second-order valence-corrected chi connectivity index (χ2v) is 6.15. The summed E-state index contributed by atoms with van der Waals surface area (Å²) in [6.45, 7) is 0. The van der Waals surface area contributed by atoms with Crippen LogP contribution in [0.15, 0.2) is 48.9 Å². The number of anilines is 2. The van der Waals surface area contributed by atoms with Crippen molar-refractivity contribution in [3.8, 4) is 0 Å². The molecule has 0 aliphatic carbocycles. The van der Waals surface area contributed by atoms with Crippen molar-refractivity contribution in [1.29, 1.82) is 0 Å². The molecule has 1 aromatic carbocycles. The number of hydrogen-bond acceptors (Lipinski definition) is 4. The van der Waals surface area contributed by atoms with Gasteiger partial charge in [-0.1, -0.05) is 18.2 Å². The molecule has 1 aliphatic heterocycles. The van der Waals surface area contributed by atoms with Gasteiger partial charge in [0.05, 0.1) is 5.69 Å². The maximum Gasteiger partial charge on any atom is 0.227 e. The van der Waals surface area contributed by atoms with E-state index < -0.39 is 0 Å². The molecule has 25 heavy (non-hydrogen) atoms. The van der Waals surface area contributed by atoms with Crippen molar-refractivity contribution in [3.05, 3.63) is 54.5 Å². The zero-order chi connectivity index (χ0) is 17.2. The Bertz CT molecular complexity index is 949. The van der Waals surface area contributed by atoms with Crippen LogP contribution in [0.4, 0.5) is 11.4 Å². The van der Waals surface area contributed by atoms with Gasteiger partial charge in [0.25, 0.3) is 0 Å². The quantitative estimate of drug-likeness (QED) is 0.765. The molecule has 0 radical (unpaired) electrons. The van der Waals surface area contributed by atoms with Gasteiger partial charge in [-0.25, -0.2) is 0 Å². The molecule has 7 heteroatoms. The topological polar surface area (TPSA) is 88.4 Å². The monoisotopic (exact) mass is 335 g/mol. The first-order valence-electron chi connectivity index (χ1n) is 8.17. The lowest BCUT2D eigenvalue weighted by molar-refractivity contribution is -0.121. The van der Waals surface area contributed by atoms with E-state index in [0.717, 1.165) is 16.9 Å². The largest absolute Gasteiger partial charge is 0.326 e. The van der Waals surface area contributed by atoms with Crippen LogP contribution in [-0.2, 0) is 16.0 Å². The first kappa shape index (κ1) is 15.3. The van der Waals surface area contributed by atoms with E-state index in [-0.39, 0.29) is 17.7 Å². The van der Waals surface area contributed by atoms with E-state index in [1.54, 1.807) is 29.1 Å². The van der Waals surface area contributed by atoms with E-state index in [1.165, 1.54) is 0 Å². The van der Waals surface area contributed by atoms with Gasteiger partial charge in [0.15, 0.2) is 5.65 Å². The van der Waals surface area contributed by atoms with Crippen LogP contribution < -0.4 is 10.6 Å². The van der Waals surface area contributed by atoms with Crippen molar-refractivity contribution in [1.82, 2.24) is 14.6 Å². The Hall–Kier alpha value is -3.22. The lowest BCUT2D eigenvalue weighted by atomic mass is 9.89. The fourth-order valence-electron chi connectivity index (χ4n) is 3.08. The maximum atomic E-state index is 12.2. The van der Waals surface area contributed by atoms with Gasteiger partial charge in [-0.2, -0.15) is 0 Å².